The minimum atomic E-state index is -4.60. The number of hydrogen-bond donors (Lipinski definition) is 2. The van der Waals surface area contributed by atoms with Crippen LogP contribution in [0.25, 0.3) is 0 Å². The van der Waals surface area contributed by atoms with E-state index in [2.05, 4.69) is 103 Å². The Bertz CT molecular complexity index is 1540. The third-order valence-electron chi connectivity index (χ3n) is 12.5. The molecule has 0 aliphatic carbocycles. The number of allylic oxidation sites excluding steroid dienone is 17. The highest BCUT2D eigenvalue weighted by atomic mass is 31.2. The smallest absolute Gasteiger partial charge is 0.268 e. The minimum Gasteiger partial charge on any atom is -0.756 e. The number of unbranched alkanes of at least 4 members (excludes halogenated alkanes) is 24. The average Bonchev–Trinajstić information content (AvgIpc) is 3.34. The summed E-state index contributed by atoms with van der Waals surface area (Å²) in [5.41, 5.74) is 0. The number of aliphatic hydroxyl groups excluding tert-OH is 1. The summed E-state index contributed by atoms with van der Waals surface area (Å²) in [4.78, 5) is 25.3. The molecule has 414 valence electrons. The van der Waals surface area contributed by atoms with E-state index in [0.717, 1.165) is 83.5 Å². The van der Waals surface area contributed by atoms with Crippen molar-refractivity contribution in [2.75, 3.05) is 40.9 Å². The van der Waals surface area contributed by atoms with E-state index >= 15 is 0 Å². The second-order valence-electron chi connectivity index (χ2n) is 20.6. The van der Waals surface area contributed by atoms with Crippen molar-refractivity contribution < 1.29 is 32.9 Å². The summed E-state index contributed by atoms with van der Waals surface area (Å²) in [5, 5.41) is 13.7. The molecule has 3 unspecified atom stereocenters. The van der Waals surface area contributed by atoms with Gasteiger partial charge in [-0.25, -0.2) is 0 Å². The first kappa shape index (κ1) is 69.2. The number of phosphoric acid groups is 1. The van der Waals surface area contributed by atoms with Crippen LogP contribution in [-0.4, -0.2) is 68.5 Å². The van der Waals surface area contributed by atoms with E-state index in [9.17, 15) is 19.4 Å². The van der Waals surface area contributed by atoms with Crippen LogP contribution < -0.4 is 10.2 Å². The molecule has 0 aromatic heterocycles. The van der Waals surface area contributed by atoms with Gasteiger partial charge < -0.3 is 28.8 Å². The van der Waals surface area contributed by atoms with Gasteiger partial charge in [0.05, 0.1) is 39.9 Å². The van der Waals surface area contributed by atoms with Gasteiger partial charge in [0.2, 0.25) is 5.91 Å². The van der Waals surface area contributed by atoms with E-state index in [1.807, 2.05) is 40.2 Å². The zero-order chi connectivity index (χ0) is 52.7. The van der Waals surface area contributed by atoms with Crippen molar-refractivity contribution >= 4 is 13.7 Å². The fourth-order valence-corrected chi connectivity index (χ4v) is 8.74. The van der Waals surface area contributed by atoms with E-state index in [1.165, 1.54) is 128 Å². The summed E-state index contributed by atoms with van der Waals surface area (Å²) in [7, 11) is 1.23. The van der Waals surface area contributed by atoms with Crippen LogP contribution in [0.1, 0.15) is 232 Å². The Balaban J connectivity index is 3.84. The summed E-state index contributed by atoms with van der Waals surface area (Å²) < 4.78 is 23.2. The minimum absolute atomic E-state index is 0.0119. The summed E-state index contributed by atoms with van der Waals surface area (Å²) >= 11 is 0. The zero-order valence-corrected chi connectivity index (χ0v) is 48.0. The van der Waals surface area contributed by atoms with Crippen molar-refractivity contribution in [3.05, 3.63) is 109 Å². The topological polar surface area (TPSA) is 108 Å². The Labute approximate surface area is 444 Å². The van der Waals surface area contributed by atoms with Crippen molar-refractivity contribution in [1.29, 1.82) is 0 Å². The highest BCUT2D eigenvalue weighted by Gasteiger charge is 2.23. The number of amides is 1. The summed E-state index contributed by atoms with van der Waals surface area (Å²) in [6.07, 6.45) is 78.1. The molecule has 9 heteroatoms. The number of hydrogen-bond acceptors (Lipinski definition) is 6. The van der Waals surface area contributed by atoms with Gasteiger partial charge in [-0.15, -0.1) is 0 Å². The zero-order valence-electron chi connectivity index (χ0n) is 47.1. The van der Waals surface area contributed by atoms with Crippen LogP contribution in [0.15, 0.2) is 109 Å². The fraction of sp³-hybridized carbons (Fsp3) is 0.698. The molecule has 0 saturated heterocycles. The summed E-state index contributed by atoms with van der Waals surface area (Å²) in [6, 6.07) is -0.911. The molecule has 0 fully saturated rings. The average molecular weight is 1020 g/mol. The molecule has 0 radical (unpaired) electrons. The van der Waals surface area contributed by atoms with Gasteiger partial charge in [-0.1, -0.05) is 245 Å². The first-order chi connectivity index (χ1) is 35.0. The number of quaternary nitrogens is 1. The number of phosphoric ester groups is 1. The van der Waals surface area contributed by atoms with Crippen LogP contribution in [0.3, 0.4) is 0 Å². The monoisotopic (exact) mass is 1020 g/mol. The third-order valence-corrected chi connectivity index (χ3v) is 13.5. The first-order valence-electron chi connectivity index (χ1n) is 29.2. The molecular weight excluding hydrogens is 912 g/mol. The molecule has 0 aliphatic heterocycles. The van der Waals surface area contributed by atoms with Crippen LogP contribution in [0, 0.1) is 0 Å². The lowest BCUT2D eigenvalue weighted by atomic mass is 10.0. The molecule has 2 N–H and O–H groups in total. The molecule has 0 aliphatic rings. The van der Waals surface area contributed by atoms with Gasteiger partial charge in [0.1, 0.15) is 13.2 Å². The van der Waals surface area contributed by atoms with E-state index in [0.29, 0.717) is 17.4 Å². The number of carbonyl (C=O) groups excluding carboxylic acids is 1. The van der Waals surface area contributed by atoms with Gasteiger partial charge in [-0.3, -0.25) is 9.36 Å². The molecule has 0 bridgehead atoms. The first-order valence-corrected chi connectivity index (χ1v) is 30.7. The predicted molar refractivity (Wildman–Crippen MR) is 311 cm³/mol. The molecule has 72 heavy (non-hydrogen) atoms. The van der Waals surface area contributed by atoms with Crippen LogP contribution in [-0.2, 0) is 18.4 Å². The Morgan fingerprint density at radius 2 is 0.875 bits per heavy atom. The quantitative estimate of drug-likeness (QED) is 0.0272. The Morgan fingerprint density at radius 3 is 1.29 bits per heavy atom. The van der Waals surface area contributed by atoms with Crippen LogP contribution in [0.5, 0.6) is 0 Å². The van der Waals surface area contributed by atoms with E-state index in [4.69, 9.17) is 9.05 Å². The Hall–Kier alpha value is -2.84. The largest absolute Gasteiger partial charge is 0.756 e. The van der Waals surface area contributed by atoms with Gasteiger partial charge >= 0.3 is 0 Å². The van der Waals surface area contributed by atoms with Gasteiger partial charge in [-0.05, 0) is 90.4 Å². The molecule has 0 aromatic rings. The second-order valence-corrected chi connectivity index (χ2v) is 22.0. The van der Waals surface area contributed by atoms with Gasteiger partial charge in [-0.2, -0.15) is 0 Å². The molecule has 0 rings (SSSR count). The fourth-order valence-electron chi connectivity index (χ4n) is 8.02. The molecule has 8 nitrogen and oxygen atoms in total. The van der Waals surface area contributed by atoms with Crippen molar-refractivity contribution in [1.82, 2.24) is 5.32 Å². The number of likely N-dealkylation sites (N-methyl/N-ethyl adjacent to an activating group) is 1. The normalized spacial score (nSPS) is 14.7. The lowest BCUT2D eigenvalue weighted by Crippen LogP contribution is -2.45. The van der Waals surface area contributed by atoms with Gasteiger partial charge in [0.15, 0.2) is 0 Å². The molecule has 0 spiro atoms. The van der Waals surface area contributed by atoms with Gasteiger partial charge in [0.25, 0.3) is 7.82 Å². The highest BCUT2D eigenvalue weighted by molar-refractivity contribution is 7.45. The lowest BCUT2D eigenvalue weighted by molar-refractivity contribution is -0.870. The van der Waals surface area contributed by atoms with Crippen molar-refractivity contribution in [2.45, 2.75) is 244 Å². The Morgan fingerprint density at radius 1 is 0.514 bits per heavy atom. The van der Waals surface area contributed by atoms with Crippen molar-refractivity contribution in [2.24, 2.45) is 0 Å². The number of rotatable bonds is 52. The van der Waals surface area contributed by atoms with Crippen LogP contribution in [0.2, 0.25) is 0 Å². The molecular formula is C63H111N2O6P. The van der Waals surface area contributed by atoms with Crippen LogP contribution in [0.4, 0.5) is 0 Å². The molecule has 3 atom stereocenters. The Kier molecular flexibility index (Phi) is 50.9. The van der Waals surface area contributed by atoms with Gasteiger partial charge in [0, 0.05) is 6.42 Å². The maximum Gasteiger partial charge on any atom is 0.268 e. The second kappa shape index (κ2) is 53.0. The maximum atomic E-state index is 12.9. The lowest BCUT2D eigenvalue weighted by Gasteiger charge is -2.29. The standard InChI is InChI=1S/C63H111N2O6P/c1-6-8-10-12-14-16-17-18-19-20-21-22-23-24-25-26-27-28-29-30-31-32-33-34-35-36-37-38-39-40-41-42-43-44-45-46-47-49-51-53-55-57-63(67)64-61(60-71-72(68,69)70-59-58-65(3,4)5)62(66)56-54-52-50-48-15-13-11-9-7-2/h7-10,14-16,18-19,21-22,24-25,27-28,48,54,56,61-62,66H,6,11-13,17,20,23,26,29-47,49-53,55,57-60H2,1-5H3,(H-,64,67,68,69)/b9-7+,10-8-,16-14-,19-18-,22-21-,25-24-,28-27-,48-15+,56-54+. The van der Waals surface area contributed by atoms with E-state index in [1.54, 1.807) is 6.08 Å². The van der Waals surface area contributed by atoms with E-state index < -0.39 is 26.6 Å². The molecule has 0 heterocycles. The van der Waals surface area contributed by atoms with Crippen molar-refractivity contribution in [3.63, 3.8) is 0 Å². The number of carbonyl (C=O) groups is 1. The third kappa shape index (κ3) is 54.9. The predicted octanol–water partition coefficient (Wildman–Crippen LogP) is 17.3. The summed E-state index contributed by atoms with van der Waals surface area (Å²) in [5.74, 6) is -0.215. The SMILES string of the molecule is C/C=C/CC/C=C/CC/C=C/C(O)C(COP(=O)([O-])OCC[N+](C)(C)C)NC(=O)CCCCCCCCCCCCCCCCCCCCCCCC/C=C\C/C=C\C/C=C\C/C=C\C/C=C\C/C=C\CC. The maximum absolute atomic E-state index is 12.9. The molecule has 1 amide bonds. The van der Waals surface area contributed by atoms with Crippen LogP contribution >= 0.6 is 7.82 Å². The number of nitrogens with one attached hydrogen (secondary N) is 1. The highest BCUT2D eigenvalue weighted by Crippen LogP contribution is 2.38. The molecule has 0 aromatic carbocycles. The number of aliphatic hydroxyl groups is 1. The summed E-state index contributed by atoms with van der Waals surface area (Å²) in [6.45, 7) is 4.26. The van der Waals surface area contributed by atoms with E-state index in [-0.39, 0.29) is 12.5 Å². The molecule has 0 saturated carbocycles. The van der Waals surface area contributed by atoms with Crippen molar-refractivity contribution in [3.8, 4) is 0 Å². The number of nitrogens with zero attached hydrogens (tertiary/aromatic N) is 1.